The van der Waals surface area contributed by atoms with E-state index in [1.54, 1.807) is 55.6 Å². The van der Waals surface area contributed by atoms with E-state index in [1.807, 2.05) is 56.4 Å². The number of hydrogen-bond acceptors (Lipinski definition) is 33. The Morgan fingerprint density at radius 2 is 1.44 bits per heavy atom. The first-order valence-electron chi connectivity index (χ1n) is 43.1. The monoisotopic (exact) mass is 1730 g/mol. The number of nitrogens with one attached hydrogen (secondary N) is 1. The summed E-state index contributed by atoms with van der Waals surface area (Å²) in [5.74, 6) is -7.39. The summed E-state index contributed by atoms with van der Waals surface area (Å²) in [6, 6.07) is 3.43. The maximum Gasteiger partial charge on any atom is 0.329 e. The smallest absolute Gasteiger partial charge is 0.329 e. The molecular formula is C86H130N14O23. The molecule has 0 spiro atoms. The molecule has 7 heterocycles. The van der Waals surface area contributed by atoms with Crippen molar-refractivity contribution in [3.63, 3.8) is 0 Å². The molecule has 37 heteroatoms. The number of esters is 1. The van der Waals surface area contributed by atoms with Gasteiger partial charge in [0.25, 0.3) is 17.7 Å². The molecule has 14 atom stereocenters. The summed E-state index contributed by atoms with van der Waals surface area (Å²) < 4.78 is 78.0. The van der Waals surface area contributed by atoms with Gasteiger partial charge in [-0.3, -0.25) is 19.2 Å². The van der Waals surface area contributed by atoms with Gasteiger partial charge in [-0.25, -0.2) is 24.1 Å². The number of nitrogens with two attached hydrogens (primary N) is 3. The number of rotatable bonds is 41. The molecule has 11 N–H and O–H groups in total. The van der Waals surface area contributed by atoms with Crippen LogP contribution in [-0.4, -0.2) is 294 Å². The highest BCUT2D eigenvalue weighted by atomic mass is 16.6. The topological polar surface area (TPSA) is 492 Å². The molecule has 3 aliphatic heterocycles. The van der Waals surface area contributed by atoms with Crippen molar-refractivity contribution in [3.05, 3.63) is 84.0 Å². The Balaban J connectivity index is 0.649. The highest BCUT2D eigenvalue weighted by Gasteiger charge is 2.50. The van der Waals surface area contributed by atoms with Gasteiger partial charge in [0.2, 0.25) is 11.7 Å². The summed E-state index contributed by atoms with van der Waals surface area (Å²) in [6.45, 7) is 16.0. The fourth-order valence-corrected chi connectivity index (χ4v) is 15.5. The summed E-state index contributed by atoms with van der Waals surface area (Å²) in [4.78, 5) is 90.1. The molecule has 0 unspecified atom stereocenters. The second kappa shape index (κ2) is 51.8. The fraction of sp³-hybridized carbons (Fsp3) is 0.674. The van der Waals surface area contributed by atoms with Crippen LogP contribution in [0.3, 0.4) is 0 Å². The minimum absolute atomic E-state index is 0.0218. The normalized spacial score (nSPS) is 26.0. The van der Waals surface area contributed by atoms with E-state index in [4.69, 9.17) is 88.4 Å². The van der Waals surface area contributed by atoms with Gasteiger partial charge in [-0.2, -0.15) is 10.1 Å². The number of carbonyl (C=O) groups excluding carboxylic acids is 5. The van der Waals surface area contributed by atoms with Gasteiger partial charge < -0.3 is 114 Å². The number of benzene rings is 1. The number of ether oxygens (including phenoxy) is 12. The third-order valence-corrected chi connectivity index (χ3v) is 22.4. The van der Waals surface area contributed by atoms with E-state index in [2.05, 4.69) is 35.7 Å². The number of carbonyl (C=O) groups is 5. The first-order valence-corrected chi connectivity index (χ1v) is 43.1. The molecule has 682 valence electrons. The van der Waals surface area contributed by atoms with E-state index in [0.29, 0.717) is 216 Å². The first-order chi connectivity index (χ1) is 59.4. The van der Waals surface area contributed by atoms with Gasteiger partial charge in [0.05, 0.1) is 154 Å². The van der Waals surface area contributed by atoms with Crippen LogP contribution in [0.5, 0.6) is 0 Å². The average Bonchev–Trinajstić information content (AvgIpc) is 1.68. The highest BCUT2D eigenvalue weighted by Crippen LogP contribution is 2.37. The number of oxime groups is 1. The molecule has 4 aromatic heterocycles. The first kappa shape index (κ1) is 98.3. The van der Waals surface area contributed by atoms with Gasteiger partial charge >= 0.3 is 5.97 Å². The zero-order valence-electron chi connectivity index (χ0n) is 72.3. The van der Waals surface area contributed by atoms with Gasteiger partial charge in [0, 0.05) is 83.0 Å². The lowest BCUT2D eigenvalue weighted by molar-refractivity contribution is -0.245. The number of hydrogen-bond donors (Lipinski definition) is 8. The number of unbranched alkanes of at least 4 members (excludes halogenated alkanes) is 1. The van der Waals surface area contributed by atoms with Gasteiger partial charge in [-0.15, -0.1) is 5.10 Å². The average molecular weight is 1730 g/mol. The van der Waals surface area contributed by atoms with E-state index >= 15 is 0 Å². The Kier molecular flexibility index (Phi) is 41.4. The molecule has 1 aromatic carbocycles. The van der Waals surface area contributed by atoms with Gasteiger partial charge in [-0.05, 0) is 132 Å². The SMILES string of the molecule is CO[C@H]1C[C@@H]2CCC[C@@](O)(O2)C(=O)C(=O)N2CCCC[C@H]2C(=O)O[C@H]([C@H](N)C[C@@H]2CC[C@@H](O)[C@H](OC)C2)C/C(=N/OCc2cn(CCOCCOCCOCCOCCOCCOCCOCCOCCC(=O)NCCCCn3nc(-c4ccc5oc(N)nc5c4)c4c(N)ncnc43)nn2)[C@H](C)/C=C(\C)[C@@H](O)[C@@H](O)C(=O)[C@H](C)C[C@H](C)/C=C/C=CC=C1C. The van der Waals surface area contributed by atoms with Gasteiger partial charge in [0.15, 0.2) is 23.6 Å². The predicted octanol–water partition coefficient (Wildman–Crippen LogP) is 5.80. The molecule has 123 heavy (non-hydrogen) atoms. The Bertz CT molecular complexity index is 4250. The number of nitrogens with zero attached hydrogens (tertiary/aromatic N) is 10. The number of methoxy groups -OCH3 is 2. The number of aliphatic hydroxyl groups is 4. The van der Waals surface area contributed by atoms with Crippen LogP contribution in [0.25, 0.3) is 33.4 Å². The second-order valence-electron chi connectivity index (χ2n) is 31.9. The van der Waals surface area contributed by atoms with Crippen molar-refractivity contribution in [2.24, 2.45) is 34.6 Å². The van der Waals surface area contributed by atoms with Gasteiger partial charge in [-0.1, -0.05) is 67.6 Å². The molecule has 3 fully saturated rings. The zero-order chi connectivity index (χ0) is 88.1. The Labute approximate surface area is 718 Å². The van der Waals surface area contributed by atoms with Crippen molar-refractivity contribution in [1.82, 2.24) is 49.9 Å². The number of fused-ring (bicyclic) bond motifs is 5. The predicted molar refractivity (Wildman–Crippen MR) is 452 cm³/mol. The van der Waals surface area contributed by atoms with Crippen molar-refractivity contribution >= 4 is 69.0 Å². The minimum Gasteiger partial charge on any atom is -0.459 e. The van der Waals surface area contributed by atoms with Crippen LogP contribution < -0.4 is 22.5 Å². The zero-order valence-corrected chi connectivity index (χ0v) is 72.3. The maximum absolute atomic E-state index is 14.9. The summed E-state index contributed by atoms with van der Waals surface area (Å²) in [6.07, 6.45) is 13.2. The molecule has 9 rings (SSSR count). The molecule has 5 aromatic rings. The largest absolute Gasteiger partial charge is 0.459 e. The molecule has 0 radical (unpaired) electrons. The van der Waals surface area contributed by atoms with E-state index in [-0.39, 0.29) is 86.9 Å². The van der Waals surface area contributed by atoms with Crippen LogP contribution in [0.15, 0.2) is 87.9 Å². The third-order valence-electron chi connectivity index (χ3n) is 22.4. The number of anilines is 2. The van der Waals surface area contributed by atoms with E-state index in [9.17, 15) is 44.4 Å². The van der Waals surface area contributed by atoms with Crippen molar-refractivity contribution in [2.45, 2.75) is 218 Å². The number of aryl methyl sites for hydroxylation is 1. The van der Waals surface area contributed by atoms with Crippen LogP contribution in [0.2, 0.25) is 0 Å². The molecule has 2 bridgehead atoms. The quantitative estimate of drug-likeness (QED) is 0.00753. The van der Waals surface area contributed by atoms with E-state index in [0.717, 1.165) is 28.9 Å². The maximum atomic E-state index is 14.9. The van der Waals surface area contributed by atoms with Crippen LogP contribution in [-0.2, 0) is 105 Å². The lowest BCUT2D eigenvalue weighted by Gasteiger charge is -2.40. The Hall–Kier alpha value is -8.48. The van der Waals surface area contributed by atoms with Crippen LogP contribution >= 0.6 is 0 Å². The third kappa shape index (κ3) is 31.3. The van der Waals surface area contributed by atoms with E-state index in [1.165, 1.54) is 13.4 Å². The minimum atomic E-state index is -2.46. The number of oxazole rings is 1. The number of ketones is 2. The molecule has 4 aliphatic rings. The molecular weight excluding hydrogens is 1600 g/mol. The standard InChI is InChI=1S/C86H130N14O23/c1-56-16-9-8-10-17-57(2)71(110-6)51-64-18-15-25-86(109,123-64)80(106)83(107)99-27-13-11-19-68(99)84(108)121-72(65(87)48-61-20-22-69(101)73(49-61)111-7)52-66(58(3)47-60(5)78(104)79(105)77(103)59(4)46-56)96-120-54-63-53-98(97-94-63)29-31-113-33-35-115-37-39-117-41-43-119-45-44-118-42-40-116-38-36-114-34-32-112-30-24-74(102)90-26-12-14-28-100-82-75(81(88)91-55-92-82)76(95-100)62-21-23-70-67(50-62)93-85(89)122-70/h8-10,16-17,21,23,47,50,53,55-56,58-59,61,64-65,68-69,71-73,78-79,101,104-105,109H,11-15,18-20,22,24-46,48-49,51-52,54,87H2,1-7H3,(H2,89,93)(H,90,102)(H2,88,91,92)/b10-8?,16-9+,57-17?,60-47+,96-66-/t56-,58-,59-,61+,64+,65-,68+,69-,71+,72+,73-,78-,79+,86-/m1/s1. The number of aliphatic hydroxyl groups excluding tert-OH is 3. The lowest BCUT2D eigenvalue weighted by atomic mass is 9.80. The molecule has 1 saturated carbocycles. The number of nitrogen functional groups attached to an aromatic ring is 2. The van der Waals surface area contributed by atoms with Gasteiger partial charge in [0.1, 0.15) is 53.4 Å². The van der Waals surface area contributed by atoms with Crippen molar-refractivity contribution < 1.29 is 110 Å². The molecule has 2 saturated heterocycles. The summed E-state index contributed by atoms with van der Waals surface area (Å²) in [5.41, 5.74) is 24.2. The second-order valence-corrected chi connectivity index (χ2v) is 31.9. The number of allylic oxidation sites excluding steroid dienone is 6. The summed E-state index contributed by atoms with van der Waals surface area (Å²) >= 11 is 0. The summed E-state index contributed by atoms with van der Waals surface area (Å²) in [7, 11) is 3.09. The lowest BCUT2D eigenvalue weighted by Crippen LogP contribution is -2.58. The number of cyclic esters (lactones) is 1. The number of piperidine rings is 1. The van der Waals surface area contributed by atoms with Crippen LogP contribution in [0.4, 0.5) is 11.8 Å². The molecule has 37 nitrogen and oxygen atoms in total. The van der Waals surface area contributed by atoms with E-state index < -0.39 is 95.9 Å². The summed E-state index contributed by atoms with van der Waals surface area (Å²) in [5, 5.41) is 67.3. The Morgan fingerprint density at radius 3 is 2.12 bits per heavy atom. The fourth-order valence-electron chi connectivity index (χ4n) is 15.5. The number of amides is 2. The van der Waals surface area contributed by atoms with Crippen LogP contribution in [0, 0.1) is 23.7 Å². The number of aromatic nitrogens is 8. The highest BCUT2D eigenvalue weighted by molar-refractivity contribution is 6.39. The molecule has 1 aliphatic carbocycles. The molecule has 2 amide bonds. The number of Topliss-reactive ketones (excluding diaryl/α,β-unsaturated/α-hetero) is 2. The van der Waals surface area contributed by atoms with Crippen molar-refractivity contribution in [3.8, 4) is 11.3 Å². The Morgan fingerprint density at radius 1 is 0.756 bits per heavy atom. The van der Waals surface area contributed by atoms with Crippen molar-refractivity contribution in [1.29, 1.82) is 0 Å². The van der Waals surface area contributed by atoms with Crippen LogP contribution in [0.1, 0.15) is 143 Å². The van der Waals surface area contributed by atoms with Crippen molar-refractivity contribution in [2.75, 3.05) is 144 Å².